The van der Waals surface area contributed by atoms with Crippen LogP contribution < -0.4 is 5.32 Å². The molecule has 2 heterocycles. The second-order valence-corrected chi connectivity index (χ2v) is 15.0. The Morgan fingerprint density at radius 2 is 0.765 bits per heavy atom. The number of anilines is 2. The van der Waals surface area contributed by atoms with E-state index in [0.29, 0.717) is 0 Å². The van der Waals surface area contributed by atoms with E-state index in [1.54, 1.807) is 0 Å². The Labute approximate surface area is 304 Å². The first-order valence-corrected chi connectivity index (χ1v) is 18.9. The molecule has 1 nitrogen and oxygen atoms in total. The second kappa shape index (κ2) is 12.4. The van der Waals surface area contributed by atoms with E-state index < -0.39 is 0 Å². The van der Waals surface area contributed by atoms with Crippen molar-refractivity contribution in [3.63, 3.8) is 0 Å². The van der Waals surface area contributed by atoms with Gasteiger partial charge in [0.15, 0.2) is 0 Å². The van der Waals surface area contributed by atoms with Crippen LogP contribution in [0.15, 0.2) is 182 Å². The molecule has 0 radical (unpaired) electrons. The summed E-state index contributed by atoms with van der Waals surface area (Å²) in [4.78, 5) is 0. The van der Waals surface area contributed by atoms with Gasteiger partial charge in [-0.2, -0.15) is 0 Å². The smallest absolute Gasteiger partial charge is 0.0464 e. The highest BCUT2D eigenvalue weighted by Crippen LogP contribution is 2.45. The minimum atomic E-state index is 1.07. The predicted molar refractivity (Wildman–Crippen MR) is 224 cm³/mol. The van der Waals surface area contributed by atoms with Crippen molar-refractivity contribution < 1.29 is 0 Å². The van der Waals surface area contributed by atoms with Crippen molar-refractivity contribution >= 4 is 74.4 Å². The number of rotatable bonds is 6. The average molecular weight is 686 g/mol. The zero-order chi connectivity index (χ0) is 33.7. The van der Waals surface area contributed by atoms with Crippen LogP contribution in [0.4, 0.5) is 11.4 Å². The molecule has 0 aliphatic heterocycles. The minimum absolute atomic E-state index is 1.07. The molecule has 0 spiro atoms. The summed E-state index contributed by atoms with van der Waals surface area (Å²) in [7, 11) is 0. The van der Waals surface area contributed by atoms with E-state index in [2.05, 4.69) is 187 Å². The molecule has 0 amide bonds. The molecular formula is C48H31NS2. The van der Waals surface area contributed by atoms with E-state index >= 15 is 0 Å². The molecule has 0 aliphatic carbocycles. The van der Waals surface area contributed by atoms with Gasteiger partial charge in [-0.1, -0.05) is 158 Å². The third-order valence-corrected chi connectivity index (χ3v) is 12.4. The summed E-state index contributed by atoms with van der Waals surface area (Å²) in [5.74, 6) is 0. The van der Waals surface area contributed by atoms with E-state index in [-0.39, 0.29) is 0 Å². The third kappa shape index (κ3) is 5.21. The van der Waals surface area contributed by atoms with Crippen LogP contribution in [0.3, 0.4) is 0 Å². The van der Waals surface area contributed by atoms with E-state index in [4.69, 9.17) is 0 Å². The molecule has 0 bridgehead atoms. The predicted octanol–water partition coefficient (Wildman–Crippen LogP) is 14.8. The molecule has 0 aliphatic rings. The summed E-state index contributed by atoms with van der Waals surface area (Å²) in [5, 5.41) is 9.01. The van der Waals surface area contributed by atoms with E-state index in [9.17, 15) is 0 Å². The van der Waals surface area contributed by atoms with Crippen molar-refractivity contribution in [1.82, 2.24) is 0 Å². The van der Waals surface area contributed by atoms with Crippen molar-refractivity contribution in [2.24, 2.45) is 0 Å². The van der Waals surface area contributed by atoms with Gasteiger partial charge in [-0.05, 0) is 57.6 Å². The van der Waals surface area contributed by atoms with Gasteiger partial charge in [0.2, 0.25) is 0 Å². The van der Waals surface area contributed by atoms with Gasteiger partial charge >= 0.3 is 0 Å². The Bertz CT molecular complexity index is 2860. The molecule has 10 rings (SSSR count). The van der Waals surface area contributed by atoms with E-state index in [1.807, 2.05) is 22.7 Å². The van der Waals surface area contributed by atoms with Crippen LogP contribution in [0.2, 0.25) is 0 Å². The SMILES string of the molecule is c1ccc(-c2ccc(-c3cccc4c3sc3c(-c5ccc(Nc6ccccc6-c6cccc7c6sc6ccccc67)cc5)cccc34)cc2)cc1. The second-order valence-electron chi connectivity index (χ2n) is 12.9. The summed E-state index contributed by atoms with van der Waals surface area (Å²) in [6.07, 6.45) is 0. The third-order valence-electron chi connectivity index (χ3n) is 9.92. The molecule has 0 saturated carbocycles. The molecule has 0 atom stereocenters. The summed E-state index contributed by atoms with van der Waals surface area (Å²) < 4.78 is 5.30. The zero-order valence-electron chi connectivity index (χ0n) is 27.6. The van der Waals surface area contributed by atoms with Crippen LogP contribution in [0.1, 0.15) is 0 Å². The molecule has 2 aromatic heterocycles. The summed E-state index contributed by atoms with van der Waals surface area (Å²) >= 11 is 3.77. The normalized spacial score (nSPS) is 11.5. The lowest BCUT2D eigenvalue weighted by molar-refractivity contribution is 1.54. The monoisotopic (exact) mass is 685 g/mol. The van der Waals surface area contributed by atoms with Crippen LogP contribution in [0.25, 0.3) is 84.9 Å². The first kappa shape index (κ1) is 29.9. The number of hydrogen-bond acceptors (Lipinski definition) is 3. The van der Waals surface area contributed by atoms with Gasteiger partial charge in [0.25, 0.3) is 0 Å². The molecule has 1 N–H and O–H groups in total. The Morgan fingerprint density at radius 1 is 0.294 bits per heavy atom. The summed E-state index contributed by atoms with van der Waals surface area (Å²) in [5.41, 5.74) is 12.1. The molecule has 0 unspecified atom stereocenters. The maximum atomic E-state index is 3.75. The Morgan fingerprint density at radius 3 is 1.47 bits per heavy atom. The van der Waals surface area contributed by atoms with Crippen LogP contribution in [0, 0.1) is 0 Å². The number of para-hydroxylation sites is 1. The Balaban J connectivity index is 0.984. The van der Waals surface area contributed by atoms with Crippen LogP contribution in [-0.4, -0.2) is 0 Å². The fraction of sp³-hybridized carbons (Fsp3) is 0. The summed E-state index contributed by atoms with van der Waals surface area (Å²) in [6.45, 7) is 0. The number of benzene rings is 8. The van der Waals surface area contributed by atoms with Crippen LogP contribution in [0.5, 0.6) is 0 Å². The maximum absolute atomic E-state index is 3.75. The highest BCUT2D eigenvalue weighted by molar-refractivity contribution is 7.27. The van der Waals surface area contributed by atoms with Crippen LogP contribution in [-0.2, 0) is 0 Å². The molecular weight excluding hydrogens is 655 g/mol. The quantitative estimate of drug-likeness (QED) is 0.184. The van der Waals surface area contributed by atoms with Gasteiger partial charge in [0.05, 0.1) is 0 Å². The topological polar surface area (TPSA) is 12.0 Å². The van der Waals surface area contributed by atoms with Gasteiger partial charge in [0.1, 0.15) is 0 Å². The van der Waals surface area contributed by atoms with E-state index in [0.717, 1.165) is 11.4 Å². The van der Waals surface area contributed by atoms with Crippen molar-refractivity contribution in [3.05, 3.63) is 182 Å². The van der Waals surface area contributed by atoms with Gasteiger partial charge in [-0.15, -0.1) is 22.7 Å². The summed E-state index contributed by atoms with van der Waals surface area (Å²) in [6, 6.07) is 66.0. The van der Waals surface area contributed by atoms with Crippen LogP contribution >= 0.6 is 22.7 Å². The molecule has 0 fully saturated rings. The van der Waals surface area contributed by atoms with Crippen molar-refractivity contribution in [3.8, 4) is 44.5 Å². The van der Waals surface area contributed by atoms with Crippen molar-refractivity contribution in [1.29, 1.82) is 0 Å². The standard InChI is InChI=1S/C48H31NS2/c1-2-11-31(12-3-1)32-23-25-33(26-24-32)36-15-8-19-42-43-20-9-16-37(47(43)51-46(36)42)34-27-29-35(30-28-34)49-44-21-6-4-13-38(44)40-17-10-18-41-39-14-5-7-22-45(39)50-48(40)41/h1-30,49H. The average Bonchev–Trinajstić information content (AvgIpc) is 3.78. The largest absolute Gasteiger partial charge is 0.355 e. The first-order chi connectivity index (χ1) is 25.3. The fourth-order valence-electron chi connectivity index (χ4n) is 7.42. The molecule has 240 valence electrons. The lowest BCUT2D eigenvalue weighted by atomic mass is 9.98. The van der Waals surface area contributed by atoms with Crippen molar-refractivity contribution in [2.45, 2.75) is 0 Å². The van der Waals surface area contributed by atoms with Gasteiger partial charge in [0, 0.05) is 62.8 Å². The van der Waals surface area contributed by atoms with Gasteiger partial charge in [-0.25, -0.2) is 0 Å². The van der Waals surface area contributed by atoms with Crippen molar-refractivity contribution in [2.75, 3.05) is 5.32 Å². The van der Waals surface area contributed by atoms with Gasteiger partial charge < -0.3 is 5.32 Å². The highest BCUT2D eigenvalue weighted by Gasteiger charge is 2.16. The zero-order valence-corrected chi connectivity index (χ0v) is 29.3. The number of fused-ring (bicyclic) bond motifs is 6. The number of hydrogen-bond donors (Lipinski definition) is 1. The Kier molecular flexibility index (Phi) is 7.26. The molecule has 3 heteroatoms. The lowest BCUT2D eigenvalue weighted by Gasteiger charge is -2.14. The van der Waals surface area contributed by atoms with Gasteiger partial charge in [-0.3, -0.25) is 0 Å². The minimum Gasteiger partial charge on any atom is -0.355 e. The Hall–Kier alpha value is -6.00. The number of nitrogens with one attached hydrogen (secondary N) is 1. The lowest BCUT2D eigenvalue weighted by Crippen LogP contribution is -1.93. The fourth-order valence-corrected chi connectivity index (χ4v) is 10.0. The van der Waals surface area contributed by atoms with E-state index in [1.165, 1.54) is 84.9 Å². The highest BCUT2D eigenvalue weighted by atomic mass is 32.1. The molecule has 0 saturated heterocycles. The molecule has 10 aromatic rings. The first-order valence-electron chi connectivity index (χ1n) is 17.3. The number of thiophene rings is 2. The molecule has 8 aromatic carbocycles. The molecule has 51 heavy (non-hydrogen) atoms. The maximum Gasteiger partial charge on any atom is 0.0464 e.